The number of nitrogens with zero attached hydrogens (tertiary/aromatic N) is 4. The van der Waals surface area contributed by atoms with E-state index in [1.165, 1.54) is 6.33 Å². The molecule has 3 rings (SSSR count). The molecule has 2 aromatic heterocycles. The van der Waals surface area contributed by atoms with Gasteiger partial charge in [-0.2, -0.15) is 4.98 Å². The van der Waals surface area contributed by atoms with Gasteiger partial charge >= 0.3 is 0 Å². The summed E-state index contributed by atoms with van der Waals surface area (Å²) in [5, 5.41) is 0. The van der Waals surface area contributed by atoms with Crippen molar-refractivity contribution in [2.24, 2.45) is 0 Å². The van der Waals surface area contributed by atoms with Crippen molar-refractivity contribution in [3.8, 4) is 5.88 Å². The zero-order chi connectivity index (χ0) is 14.8. The van der Waals surface area contributed by atoms with E-state index in [1.54, 1.807) is 7.11 Å². The Morgan fingerprint density at radius 2 is 2.10 bits per heavy atom. The second kappa shape index (κ2) is 5.99. The second-order valence-corrected chi connectivity index (χ2v) is 5.52. The number of hydrogen-bond donors (Lipinski definition) is 0. The van der Waals surface area contributed by atoms with E-state index in [4.69, 9.17) is 16.3 Å². The van der Waals surface area contributed by atoms with Gasteiger partial charge in [-0.1, -0.05) is 34.1 Å². The van der Waals surface area contributed by atoms with Crippen LogP contribution in [-0.2, 0) is 12.4 Å². The second-order valence-electron chi connectivity index (χ2n) is 4.39. The summed E-state index contributed by atoms with van der Waals surface area (Å²) in [7, 11) is 1.56. The molecule has 0 aliphatic carbocycles. The summed E-state index contributed by atoms with van der Waals surface area (Å²) in [5.41, 5.74) is 2.47. The molecule has 0 aliphatic heterocycles. The van der Waals surface area contributed by atoms with Gasteiger partial charge in [-0.25, -0.2) is 9.97 Å². The first kappa shape index (κ1) is 14.3. The van der Waals surface area contributed by atoms with Gasteiger partial charge in [0.2, 0.25) is 5.88 Å². The number of imidazole rings is 1. The van der Waals surface area contributed by atoms with Crippen LogP contribution < -0.4 is 4.74 Å². The molecule has 7 heteroatoms. The van der Waals surface area contributed by atoms with Gasteiger partial charge in [0.15, 0.2) is 11.2 Å². The molecule has 0 N–H and O–H groups in total. The predicted molar refractivity (Wildman–Crippen MR) is 84.7 cm³/mol. The fraction of sp³-hybridized carbons (Fsp3) is 0.214. The Balaban J connectivity index is 2.15. The SMILES string of the molecule is COc1ncnc2c1nc(CCl)n2Cc1ccccc1Br. The van der Waals surface area contributed by atoms with Crippen LogP contribution in [0, 0.1) is 0 Å². The van der Waals surface area contributed by atoms with Crippen LogP contribution in [0.5, 0.6) is 5.88 Å². The third kappa shape index (κ3) is 2.61. The van der Waals surface area contributed by atoms with E-state index < -0.39 is 0 Å². The van der Waals surface area contributed by atoms with Crippen molar-refractivity contribution in [2.75, 3.05) is 7.11 Å². The fourth-order valence-electron chi connectivity index (χ4n) is 2.18. The van der Waals surface area contributed by atoms with Crippen molar-refractivity contribution in [3.05, 3.63) is 46.5 Å². The van der Waals surface area contributed by atoms with E-state index in [-0.39, 0.29) is 0 Å². The van der Waals surface area contributed by atoms with Crippen molar-refractivity contribution in [1.82, 2.24) is 19.5 Å². The monoisotopic (exact) mass is 366 g/mol. The Morgan fingerprint density at radius 1 is 1.29 bits per heavy atom. The van der Waals surface area contributed by atoms with Gasteiger partial charge in [-0.15, -0.1) is 11.6 Å². The molecule has 0 amide bonds. The average molecular weight is 368 g/mol. The first-order valence-electron chi connectivity index (χ1n) is 6.28. The van der Waals surface area contributed by atoms with Gasteiger partial charge in [-0.3, -0.25) is 0 Å². The number of benzene rings is 1. The molecule has 2 heterocycles. The average Bonchev–Trinajstić information content (AvgIpc) is 2.87. The van der Waals surface area contributed by atoms with Gasteiger partial charge in [-0.05, 0) is 11.6 Å². The molecule has 0 fully saturated rings. The predicted octanol–water partition coefficient (Wildman–Crippen LogP) is 3.38. The molecule has 0 radical (unpaired) electrons. The Morgan fingerprint density at radius 3 is 2.81 bits per heavy atom. The van der Waals surface area contributed by atoms with Gasteiger partial charge < -0.3 is 9.30 Å². The van der Waals surface area contributed by atoms with Crippen molar-refractivity contribution in [2.45, 2.75) is 12.4 Å². The van der Waals surface area contributed by atoms with E-state index in [2.05, 4.69) is 30.9 Å². The highest BCUT2D eigenvalue weighted by Gasteiger charge is 2.16. The van der Waals surface area contributed by atoms with Crippen molar-refractivity contribution in [1.29, 1.82) is 0 Å². The largest absolute Gasteiger partial charge is 0.479 e. The molecule has 108 valence electrons. The van der Waals surface area contributed by atoms with Crippen LogP contribution in [0.3, 0.4) is 0 Å². The van der Waals surface area contributed by atoms with Crippen LogP contribution in [0.25, 0.3) is 11.2 Å². The minimum atomic E-state index is 0.296. The Bertz CT molecular complexity index is 790. The molecule has 0 spiro atoms. The first-order valence-corrected chi connectivity index (χ1v) is 7.60. The lowest BCUT2D eigenvalue weighted by Gasteiger charge is -2.09. The van der Waals surface area contributed by atoms with Gasteiger partial charge in [0.1, 0.15) is 12.2 Å². The topological polar surface area (TPSA) is 52.8 Å². The molecule has 1 aromatic carbocycles. The molecular formula is C14H12BrClN4O. The number of rotatable bonds is 4. The highest BCUT2D eigenvalue weighted by Crippen LogP contribution is 2.25. The Labute approximate surface area is 135 Å². The van der Waals surface area contributed by atoms with E-state index >= 15 is 0 Å². The summed E-state index contributed by atoms with van der Waals surface area (Å²) < 4.78 is 8.25. The summed E-state index contributed by atoms with van der Waals surface area (Å²) in [6.07, 6.45) is 1.47. The number of fused-ring (bicyclic) bond motifs is 1. The number of aromatic nitrogens is 4. The maximum atomic E-state index is 6.02. The maximum Gasteiger partial charge on any atom is 0.245 e. The summed E-state index contributed by atoms with van der Waals surface area (Å²) in [5.74, 6) is 1.49. The third-order valence-electron chi connectivity index (χ3n) is 3.18. The lowest BCUT2D eigenvalue weighted by molar-refractivity contribution is 0.401. The van der Waals surface area contributed by atoms with Gasteiger partial charge in [0.25, 0.3) is 0 Å². The van der Waals surface area contributed by atoms with Gasteiger partial charge in [0.05, 0.1) is 19.5 Å². The Hall–Kier alpha value is -1.66. The molecular weight excluding hydrogens is 356 g/mol. The van der Waals surface area contributed by atoms with E-state index in [1.807, 2.05) is 28.8 Å². The quantitative estimate of drug-likeness (QED) is 0.663. The van der Waals surface area contributed by atoms with Crippen LogP contribution in [-0.4, -0.2) is 26.6 Å². The normalized spacial score (nSPS) is 11.0. The highest BCUT2D eigenvalue weighted by atomic mass is 79.9. The molecule has 0 saturated heterocycles. The number of alkyl halides is 1. The molecule has 3 aromatic rings. The third-order valence-corrected chi connectivity index (χ3v) is 4.19. The van der Waals surface area contributed by atoms with Crippen LogP contribution in [0.1, 0.15) is 11.4 Å². The standard InChI is InChI=1S/C14H12BrClN4O/c1-21-14-12-13(17-8-18-14)20(11(6-16)19-12)7-9-4-2-3-5-10(9)15/h2-5,8H,6-7H2,1H3. The first-order chi connectivity index (χ1) is 10.2. The lowest BCUT2D eigenvalue weighted by Crippen LogP contribution is -2.05. The zero-order valence-corrected chi connectivity index (χ0v) is 13.6. The van der Waals surface area contributed by atoms with Crippen LogP contribution in [0.15, 0.2) is 35.1 Å². The molecule has 0 unspecified atom stereocenters. The summed E-state index contributed by atoms with van der Waals surface area (Å²) in [4.78, 5) is 12.9. The van der Waals surface area contributed by atoms with Crippen LogP contribution in [0.4, 0.5) is 0 Å². The lowest BCUT2D eigenvalue weighted by atomic mass is 10.2. The highest BCUT2D eigenvalue weighted by molar-refractivity contribution is 9.10. The maximum absolute atomic E-state index is 6.02. The number of ether oxygens (including phenoxy) is 1. The molecule has 0 saturated carbocycles. The minimum Gasteiger partial charge on any atom is -0.479 e. The molecule has 0 bridgehead atoms. The summed E-state index contributed by atoms with van der Waals surface area (Å²) >= 11 is 9.58. The Kier molecular flexibility index (Phi) is 4.07. The number of methoxy groups -OCH3 is 1. The zero-order valence-electron chi connectivity index (χ0n) is 11.3. The van der Waals surface area contributed by atoms with Crippen LogP contribution in [0.2, 0.25) is 0 Å². The van der Waals surface area contributed by atoms with E-state index in [0.29, 0.717) is 29.5 Å². The van der Waals surface area contributed by atoms with Crippen LogP contribution >= 0.6 is 27.5 Å². The van der Waals surface area contributed by atoms with Gasteiger partial charge in [0, 0.05) is 4.47 Å². The van der Waals surface area contributed by atoms with Crippen molar-refractivity contribution < 1.29 is 4.74 Å². The molecule has 0 aliphatic rings. The smallest absolute Gasteiger partial charge is 0.245 e. The minimum absolute atomic E-state index is 0.296. The number of hydrogen-bond acceptors (Lipinski definition) is 4. The molecule has 21 heavy (non-hydrogen) atoms. The molecule has 5 nitrogen and oxygen atoms in total. The molecule has 0 atom stereocenters. The fourth-order valence-corrected chi connectivity index (χ4v) is 2.79. The van der Waals surface area contributed by atoms with E-state index in [9.17, 15) is 0 Å². The summed E-state index contributed by atoms with van der Waals surface area (Å²) in [6.45, 7) is 0.625. The number of halogens is 2. The van der Waals surface area contributed by atoms with E-state index in [0.717, 1.165) is 15.9 Å². The summed E-state index contributed by atoms with van der Waals surface area (Å²) in [6, 6.07) is 8.03. The van der Waals surface area contributed by atoms with Crippen molar-refractivity contribution >= 4 is 38.7 Å². The van der Waals surface area contributed by atoms with Crippen molar-refractivity contribution in [3.63, 3.8) is 0 Å².